The summed E-state index contributed by atoms with van der Waals surface area (Å²) in [6.45, 7) is 5.29. The minimum absolute atomic E-state index is 0.0379. The molecule has 6 heteroatoms. The summed E-state index contributed by atoms with van der Waals surface area (Å²) in [7, 11) is 1.65. The normalized spacial score (nSPS) is 18.6. The van der Waals surface area contributed by atoms with Crippen LogP contribution in [-0.4, -0.2) is 45.3 Å². The number of hydrogen-bond acceptors (Lipinski definition) is 4. The number of benzene rings is 1. The third kappa shape index (κ3) is 3.67. The number of morpholine rings is 1. The van der Waals surface area contributed by atoms with E-state index in [9.17, 15) is 4.79 Å². The average Bonchev–Trinajstić information content (AvgIpc) is 2.53. The number of hydrogen-bond donors (Lipinski definition) is 2. The molecule has 0 saturated carbocycles. The molecule has 2 rings (SSSR count). The zero-order valence-corrected chi connectivity index (χ0v) is 13.2. The van der Waals surface area contributed by atoms with Crippen molar-refractivity contribution in [2.75, 3.05) is 38.3 Å². The van der Waals surface area contributed by atoms with Crippen LogP contribution in [0, 0.1) is 0 Å². The maximum atomic E-state index is 12.1. The lowest BCUT2D eigenvalue weighted by molar-refractivity contribution is -0.124. The second-order valence-corrected chi connectivity index (χ2v) is 5.32. The number of anilines is 1. The first-order valence-electron chi connectivity index (χ1n) is 7.23. The smallest absolute Gasteiger partial charge is 0.244 e. The van der Waals surface area contributed by atoms with Gasteiger partial charge in [0.05, 0.1) is 13.2 Å². The fourth-order valence-electron chi connectivity index (χ4n) is 2.52. The second kappa shape index (κ2) is 7.64. The zero-order valence-electron chi connectivity index (χ0n) is 12.5. The van der Waals surface area contributed by atoms with Gasteiger partial charge in [-0.1, -0.05) is 24.6 Å². The highest BCUT2D eigenvalue weighted by molar-refractivity contribution is 6.31. The molecule has 1 aromatic carbocycles. The maximum Gasteiger partial charge on any atom is 0.244 e. The molecular weight excluding hydrogens is 290 g/mol. The van der Waals surface area contributed by atoms with Crippen molar-refractivity contribution in [3.8, 4) is 0 Å². The molecule has 1 fully saturated rings. The van der Waals surface area contributed by atoms with Crippen molar-refractivity contribution in [2.45, 2.75) is 19.5 Å². The highest BCUT2D eigenvalue weighted by Crippen LogP contribution is 2.30. The van der Waals surface area contributed by atoms with E-state index in [0.717, 1.165) is 22.8 Å². The first kappa shape index (κ1) is 16.1. The minimum Gasteiger partial charge on any atom is -0.377 e. The largest absolute Gasteiger partial charge is 0.377 e. The molecule has 0 radical (unpaired) electrons. The highest BCUT2D eigenvalue weighted by atomic mass is 35.5. The first-order chi connectivity index (χ1) is 10.2. The van der Waals surface area contributed by atoms with E-state index in [1.807, 2.05) is 18.2 Å². The molecule has 1 saturated heterocycles. The lowest BCUT2D eigenvalue weighted by Gasteiger charge is -2.37. The number of carbonyl (C=O) groups excluding carboxylic acids is 1. The molecule has 0 aliphatic carbocycles. The quantitative estimate of drug-likeness (QED) is 0.863. The molecule has 1 atom stereocenters. The molecular formula is C15H22ClN3O2. The Labute approximate surface area is 130 Å². The molecule has 2 N–H and O–H groups in total. The summed E-state index contributed by atoms with van der Waals surface area (Å²) in [6, 6.07) is 5.50. The van der Waals surface area contributed by atoms with Crippen molar-refractivity contribution in [1.29, 1.82) is 0 Å². The number of ether oxygens (including phenoxy) is 1. The SMILES string of the molecule is CCNCc1c(Cl)cccc1N1CCOCC1C(=O)NC. The van der Waals surface area contributed by atoms with Crippen LogP contribution in [0.25, 0.3) is 0 Å². The van der Waals surface area contributed by atoms with E-state index in [0.29, 0.717) is 26.3 Å². The summed E-state index contributed by atoms with van der Waals surface area (Å²) in [5, 5.41) is 6.72. The fourth-order valence-corrected chi connectivity index (χ4v) is 2.75. The van der Waals surface area contributed by atoms with E-state index < -0.39 is 0 Å². The van der Waals surface area contributed by atoms with Crippen LogP contribution in [-0.2, 0) is 16.1 Å². The van der Waals surface area contributed by atoms with Crippen LogP contribution in [0.1, 0.15) is 12.5 Å². The number of halogens is 1. The van der Waals surface area contributed by atoms with Crippen LogP contribution in [0.3, 0.4) is 0 Å². The second-order valence-electron chi connectivity index (χ2n) is 4.92. The van der Waals surface area contributed by atoms with Gasteiger partial charge in [-0.3, -0.25) is 4.79 Å². The van der Waals surface area contributed by atoms with E-state index in [4.69, 9.17) is 16.3 Å². The van der Waals surface area contributed by atoms with E-state index in [1.165, 1.54) is 0 Å². The molecule has 1 unspecified atom stereocenters. The van der Waals surface area contributed by atoms with Crippen molar-refractivity contribution in [3.63, 3.8) is 0 Å². The third-order valence-electron chi connectivity index (χ3n) is 3.63. The van der Waals surface area contributed by atoms with Gasteiger partial charge in [-0.05, 0) is 18.7 Å². The number of nitrogens with zero attached hydrogens (tertiary/aromatic N) is 1. The van der Waals surface area contributed by atoms with Crippen LogP contribution < -0.4 is 15.5 Å². The molecule has 116 valence electrons. The number of likely N-dealkylation sites (N-methyl/N-ethyl adjacent to an activating group) is 1. The summed E-state index contributed by atoms with van der Waals surface area (Å²) < 4.78 is 5.46. The van der Waals surface area contributed by atoms with Gasteiger partial charge in [-0.15, -0.1) is 0 Å². The predicted molar refractivity (Wildman–Crippen MR) is 84.9 cm³/mol. The van der Waals surface area contributed by atoms with Crippen molar-refractivity contribution >= 4 is 23.2 Å². The molecule has 21 heavy (non-hydrogen) atoms. The zero-order chi connectivity index (χ0) is 15.2. The summed E-state index contributed by atoms with van der Waals surface area (Å²) in [5.74, 6) is -0.0379. The van der Waals surface area contributed by atoms with Crippen LogP contribution >= 0.6 is 11.6 Å². The molecule has 5 nitrogen and oxygen atoms in total. The summed E-state index contributed by atoms with van der Waals surface area (Å²) in [6.07, 6.45) is 0. The van der Waals surface area contributed by atoms with Gasteiger partial charge < -0.3 is 20.3 Å². The Morgan fingerprint density at radius 1 is 1.52 bits per heavy atom. The topological polar surface area (TPSA) is 53.6 Å². The Kier molecular flexibility index (Phi) is 5.85. The first-order valence-corrected chi connectivity index (χ1v) is 7.61. The van der Waals surface area contributed by atoms with Crippen molar-refractivity contribution < 1.29 is 9.53 Å². The van der Waals surface area contributed by atoms with E-state index in [-0.39, 0.29) is 11.9 Å². The van der Waals surface area contributed by atoms with Crippen molar-refractivity contribution in [3.05, 3.63) is 28.8 Å². The summed E-state index contributed by atoms with van der Waals surface area (Å²) >= 11 is 6.35. The standard InChI is InChI=1S/C15H22ClN3O2/c1-3-18-9-11-12(16)5-4-6-13(11)19-7-8-21-10-14(19)15(20)17-2/h4-6,14,18H,3,7-10H2,1-2H3,(H,17,20). The van der Waals surface area contributed by atoms with Gasteiger partial charge in [0.1, 0.15) is 6.04 Å². The monoisotopic (exact) mass is 311 g/mol. The van der Waals surface area contributed by atoms with Gasteiger partial charge in [0.25, 0.3) is 0 Å². The van der Waals surface area contributed by atoms with Gasteiger partial charge in [-0.2, -0.15) is 0 Å². The predicted octanol–water partition coefficient (Wildman–Crippen LogP) is 1.40. The Balaban J connectivity index is 2.33. The number of carbonyl (C=O) groups is 1. The third-order valence-corrected chi connectivity index (χ3v) is 3.99. The Bertz CT molecular complexity index is 496. The molecule has 1 aliphatic heterocycles. The Morgan fingerprint density at radius 3 is 3.05 bits per heavy atom. The van der Waals surface area contributed by atoms with Crippen LogP contribution in [0.15, 0.2) is 18.2 Å². The van der Waals surface area contributed by atoms with Crippen molar-refractivity contribution in [1.82, 2.24) is 10.6 Å². The number of nitrogens with one attached hydrogen (secondary N) is 2. The van der Waals surface area contributed by atoms with Crippen LogP contribution in [0.2, 0.25) is 5.02 Å². The highest BCUT2D eigenvalue weighted by Gasteiger charge is 2.30. The van der Waals surface area contributed by atoms with Gasteiger partial charge in [-0.25, -0.2) is 0 Å². The van der Waals surface area contributed by atoms with Crippen molar-refractivity contribution in [2.24, 2.45) is 0 Å². The fraction of sp³-hybridized carbons (Fsp3) is 0.533. The van der Waals surface area contributed by atoms with E-state index in [2.05, 4.69) is 22.5 Å². The van der Waals surface area contributed by atoms with Gasteiger partial charge in [0.15, 0.2) is 0 Å². The van der Waals surface area contributed by atoms with Crippen LogP contribution in [0.4, 0.5) is 5.69 Å². The van der Waals surface area contributed by atoms with Crippen LogP contribution in [0.5, 0.6) is 0 Å². The Morgan fingerprint density at radius 2 is 2.33 bits per heavy atom. The average molecular weight is 312 g/mol. The van der Waals surface area contributed by atoms with E-state index in [1.54, 1.807) is 7.05 Å². The molecule has 0 bridgehead atoms. The molecule has 1 aliphatic rings. The lowest BCUT2D eigenvalue weighted by Crippen LogP contribution is -2.53. The summed E-state index contributed by atoms with van der Waals surface area (Å²) in [5.41, 5.74) is 2.03. The van der Waals surface area contributed by atoms with Gasteiger partial charge in [0.2, 0.25) is 5.91 Å². The summed E-state index contributed by atoms with van der Waals surface area (Å²) in [4.78, 5) is 14.2. The minimum atomic E-state index is -0.317. The Hall–Kier alpha value is -1.30. The molecule has 0 spiro atoms. The maximum absolute atomic E-state index is 12.1. The molecule has 1 amide bonds. The molecule has 1 heterocycles. The lowest BCUT2D eigenvalue weighted by atomic mass is 10.1. The van der Waals surface area contributed by atoms with Gasteiger partial charge in [0, 0.05) is 36.4 Å². The number of rotatable bonds is 5. The van der Waals surface area contributed by atoms with Gasteiger partial charge >= 0.3 is 0 Å². The number of amides is 1. The molecule has 0 aromatic heterocycles. The van der Waals surface area contributed by atoms with E-state index >= 15 is 0 Å². The molecule has 1 aromatic rings.